The molecule has 0 radical (unpaired) electrons. The average Bonchev–Trinajstić information content (AvgIpc) is 3.17. The Bertz CT molecular complexity index is 1070. The van der Waals surface area contributed by atoms with Gasteiger partial charge in [-0.2, -0.15) is 0 Å². The Morgan fingerprint density at radius 1 is 1.16 bits per heavy atom. The number of nitrogens with zero attached hydrogens (tertiary/aromatic N) is 4. The van der Waals surface area contributed by atoms with Crippen LogP contribution in [0.2, 0.25) is 0 Å². The Kier molecular flexibility index (Phi) is 6.89. The van der Waals surface area contributed by atoms with Crippen molar-refractivity contribution in [2.45, 2.75) is 31.9 Å². The maximum Gasteiger partial charge on any atom is 0.573 e. The second-order valence-corrected chi connectivity index (χ2v) is 7.89. The molecule has 0 bridgehead atoms. The molecule has 31 heavy (non-hydrogen) atoms. The lowest BCUT2D eigenvalue weighted by Gasteiger charge is -2.19. The molecular formula is C21H21F3N4O2S. The average molecular weight is 450 g/mol. The van der Waals surface area contributed by atoms with Gasteiger partial charge in [-0.3, -0.25) is 9.36 Å². The molecule has 0 saturated carbocycles. The predicted octanol–water partition coefficient (Wildman–Crippen LogP) is 4.53. The van der Waals surface area contributed by atoms with Gasteiger partial charge in [0.25, 0.3) is 0 Å². The number of hydrogen-bond donors (Lipinski definition) is 0. The number of aromatic nitrogens is 3. The predicted molar refractivity (Wildman–Crippen MR) is 111 cm³/mol. The molecule has 1 heterocycles. The Balaban J connectivity index is 1.65. The van der Waals surface area contributed by atoms with Crippen LogP contribution in [-0.4, -0.2) is 44.7 Å². The molecule has 0 aliphatic rings. The lowest BCUT2D eigenvalue weighted by atomic mass is 10.1. The highest BCUT2D eigenvalue weighted by Gasteiger charge is 2.32. The summed E-state index contributed by atoms with van der Waals surface area (Å²) in [6.45, 7) is 4.01. The van der Waals surface area contributed by atoms with E-state index < -0.39 is 6.36 Å². The van der Waals surface area contributed by atoms with Crippen LogP contribution in [-0.2, 0) is 11.3 Å². The second kappa shape index (κ2) is 9.42. The van der Waals surface area contributed by atoms with E-state index in [9.17, 15) is 18.0 Å². The lowest BCUT2D eigenvalue weighted by molar-refractivity contribution is -0.275. The van der Waals surface area contributed by atoms with E-state index in [1.807, 2.05) is 32.0 Å². The molecule has 6 nitrogen and oxygen atoms in total. The van der Waals surface area contributed by atoms with Gasteiger partial charge in [-0.05, 0) is 43.2 Å². The number of para-hydroxylation sites is 1. The summed E-state index contributed by atoms with van der Waals surface area (Å²) in [7, 11) is 1.53. The maximum absolute atomic E-state index is 12.6. The van der Waals surface area contributed by atoms with Crippen LogP contribution in [0.3, 0.4) is 0 Å². The molecule has 1 aromatic heterocycles. The Morgan fingerprint density at radius 2 is 1.90 bits per heavy atom. The molecule has 0 fully saturated rings. The third kappa shape index (κ3) is 6.00. The van der Waals surface area contributed by atoms with Crippen LogP contribution in [0.15, 0.2) is 53.9 Å². The minimum absolute atomic E-state index is 0.0184. The van der Waals surface area contributed by atoms with Crippen molar-refractivity contribution >= 4 is 17.7 Å². The first-order valence-corrected chi connectivity index (χ1v) is 10.3. The highest BCUT2D eigenvalue weighted by molar-refractivity contribution is 7.99. The highest BCUT2D eigenvalue weighted by Crippen LogP contribution is 2.27. The first kappa shape index (κ1) is 22.7. The fourth-order valence-corrected chi connectivity index (χ4v) is 3.68. The molecule has 0 aliphatic heterocycles. The molecule has 0 atom stereocenters. The molecule has 3 aromatic rings. The van der Waals surface area contributed by atoms with Crippen molar-refractivity contribution in [3.63, 3.8) is 0 Å². The normalized spacial score (nSPS) is 11.4. The van der Waals surface area contributed by atoms with Crippen LogP contribution < -0.4 is 4.74 Å². The van der Waals surface area contributed by atoms with E-state index in [0.29, 0.717) is 5.16 Å². The van der Waals surface area contributed by atoms with Gasteiger partial charge in [0, 0.05) is 24.8 Å². The number of benzene rings is 2. The summed E-state index contributed by atoms with van der Waals surface area (Å²) in [5, 5.41) is 8.55. The zero-order chi connectivity index (χ0) is 22.6. The van der Waals surface area contributed by atoms with E-state index in [0.717, 1.165) is 16.8 Å². The molecule has 2 aromatic carbocycles. The Labute approximate surface area is 182 Å². The van der Waals surface area contributed by atoms with Gasteiger partial charge in [0.05, 0.1) is 5.75 Å². The number of ether oxygens (including phenoxy) is 1. The number of aryl methyl sites for hydroxylation is 2. The fourth-order valence-electron chi connectivity index (χ4n) is 2.81. The smallest absolute Gasteiger partial charge is 0.405 e. The van der Waals surface area contributed by atoms with Gasteiger partial charge in [0.2, 0.25) is 5.91 Å². The van der Waals surface area contributed by atoms with Gasteiger partial charge < -0.3 is 9.64 Å². The van der Waals surface area contributed by atoms with Crippen LogP contribution in [0.4, 0.5) is 13.2 Å². The van der Waals surface area contributed by atoms with Crippen molar-refractivity contribution in [2.24, 2.45) is 0 Å². The first-order chi connectivity index (χ1) is 14.6. The number of carbonyl (C=O) groups is 1. The van der Waals surface area contributed by atoms with Crippen molar-refractivity contribution in [2.75, 3.05) is 12.8 Å². The van der Waals surface area contributed by atoms with Gasteiger partial charge >= 0.3 is 6.36 Å². The van der Waals surface area contributed by atoms with E-state index in [4.69, 9.17) is 0 Å². The van der Waals surface area contributed by atoms with Crippen LogP contribution in [0.25, 0.3) is 5.69 Å². The minimum Gasteiger partial charge on any atom is -0.405 e. The minimum atomic E-state index is -4.80. The molecule has 10 heteroatoms. The van der Waals surface area contributed by atoms with Crippen LogP contribution in [0.5, 0.6) is 5.75 Å². The monoisotopic (exact) mass is 450 g/mol. The van der Waals surface area contributed by atoms with Gasteiger partial charge in [-0.25, -0.2) is 0 Å². The summed E-state index contributed by atoms with van der Waals surface area (Å²) in [5.41, 5.74) is 3.43. The summed E-state index contributed by atoms with van der Waals surface area (Å²) in [5.74, 6) is -0.527. The number of halogens is 3. The van der Waals surface area contributed by atoms with E-state index in [2.05, 4.69) is 14.9 Å². The van der Waals surface area contributed by atoms with Gasteiger partial charge in [0.1, 0.15) is 12.1 Å². The van der Waals surface area contributed by atoms with Gasteiger partial charge in [0.15, 0.2) is 5.16 Å². The molecule has 3 rings (SSSR count). The second-order valence-electron chi connectivity index (χ2n) is 6.95. The van der Waals surface area contributed by atoms with E-state index in [1.165, 1.54) is 41.9 Å². The largest absolute Gasteiger partial charge is 0.573 e. The quantitative estimate of drug-likeness (QED) is 0.495. The van der Waals surface area contributed by atoms with Crippen molar-refractivity contribution in [3.05, 3.63) is 65.5 Å². The van der Waals surface area contributed by atoms with Crippen molar-refractivity contribution < 1.29 is 22.7 Å². The van der Waals surface area contributed by atoms with Crippen LogP contribution in [0.1, 0.15) is 16.7 Å². The Morgan fingerprint density at radius 3 is 2.61 bits per heavy atom. The first-order valence-electron chi connectivity index (χ1n) is 9.32. The lowest BCUT2D eigenvalue weighted by Crippen LogP contribution is -2.28. The molecule has 0 aliphatic carbocycles. The van der Waals surface area contributed by atoms with Gasteiger partial charge in [-0.15, -0.1) is 23.4 Å². The molecule has 0 saturated heterocycles. The van der Waals surface area contributed by atoms with Gasteiger partial charge in [-0.1, -0.05) is 36.0 Å². The standard InChI is InChI=1S/C21H21F3N4O2S/c1-14-8-9-17(10-15(14)2)28-13-25-26-20(28)31-12-19(29)27(3)11-16-6-4-5-7-18(16)30-21(22,23)24/h4-10,13H,11-12H2,1-3H3. The topological polar surface area (TPSA) is 60.2 Å². The molecule has 0 unspecified atom stereocenters. The van der Waals surface area contributed by atoms with E-state index in [1.54, 1.807) is 17.0 Å². The third-order valence-electron chi connectivity index (χ3n) is 4.64. The van der Waals surface area contributed by atoms with Crippen molar-refractivity contribution in [3.8, 4) is 11.4 Å². The zero-order valence-corrected chi connectivity index (χ0v) is 18.0. The summed E-state index contributed by atoms with van der Waals surface area (Å²) in [6, 6.07) is 11.7. The molecule has 0 spiro atoms. The highest BCUT2D eigenvalue weighted by atomic mass is 32.2. The molecule has 1 amide bonds. The summed E-state index contributed by atoms with van der Waals surface area (Å²) in [6.07, 6.45) is -3.22. The van der Waals surface area contributed by atoms with Crippen LogP contribution >= 0.6 is 11.8 Å². The number of thioether (sulfide) groups is 1. The SMILES string of the molecule is Cc1ccc(-n2cnnc2SCC(=O)N(C)Cc2ccccc2OC(F)(F)F)cc1C. The summed E-state index contributed by atoms with van der Waals surface area (Å²) >= 11 is 1.21. The van der Waals surface area contributed by atoms with E-state index >= 15 is 0 Å². The molecule has 0 N–H and O–H groups in total. The summed E-state index contributed by atoms with van der Waals surface area (Å²) < 4.78 is 43.6. The number of hydrogen-bond acceptors (Lipinski definition) is 5. The Hall–Kier alpha value is -3.01. The van der Waals surface area contributed by atoms with Crippen molar-refractivity contribution in [1.29, 1.82) is 0 Å². The molecular weight excluding hydrogens is 429 g/mol. The summed E-state index contributed by atoms with van der Waals surface area (Å²) in [4.78, 5) is 13.9. The van der Waals surface area contributed by atoms with Crippen LogP contribution in [0, 0.1) is 13.8 Å². The maximum atomic E-state index is 12.6. The number of alkyl halides is 3. The van der Waals surface area contributed by atoms with E-state index in [-0.39, 0.29) is 29.5 Å². The number of carbonyl (C=O) groups excluding carboxylic acids is 1. The third-order valence-corrected chi connectivity index (χ3v) is 5.57. The zero-order valence-electron chi connectivity index (χ0n) is 17.2. The fraction of sp³-hybridized carbons (Fsp3) is 0.286. The van der Waals surface area contributed by atoms with Crippen molar-refractivity contribution in [1.82, 2.24) is 19.7 Å². The molecule has 164 valence electrons. The number of amides is 1. The number of rotatable bonds is 7.